The Morgan fingerprint density at radius 1 is 1.20 bits per heavy atom. The zero-order chi connectivity index (χ0) is 13.8. The van der Waals surface area contributed by atoms with Crippen molar-refractivity contribution in [2.75, 3.05) is 0 Å². The maximum atomic E-state index is 7.94. The van der Waals surface area contributed by atoms with Crippen molar-refractivity contribution in [2.24, 2.45) is 0 Å². The summed E-state index contributed by atoms with van der Waals surface area (Å²) >= 11 is 0. The van der Waals surface area contributed by atoms with Crippen molar-refractivity contribution in [3.05, 3.63) is 35.0 Å². The lowest BCUT2D eigenvalue weighted by Gasteiger charge is -2.15. The Balaban J connectivity index is 2.98. The fraction of sp³-hybridized carbons (Fsp3) is 0.429. The van der Waals surface area contributed by atoms with Crippen LogP contribution in [0, 0.1) is 13.8 Å². The van der Waals surface area contributed by atoms with E-state index in [9.17, 15) is 0 Å². The molecule has 1 aromatic carbocycles. The van der Waals surface area contributed by atoms with Gasteiger partial charge in [0, 0.05) is 10.8 Å². The van der Waals surface area contributed by atoms with Gasteiger partial charge in [-0.3, -0.25) is 0 Å². The van der Waals surface area contributed by atoms with Crippen molar-refractivity contribution in [3.63, 3.8) is 0 Å². The fourth-order valence-electron chi connectivity index (χ4n) is 2.01. The van der Waals surface area contributed by atoms with Gasteiger partial charge < -0.3 is 4.42 Å². The van der Waals surface area contributed by atoms with Gasteiger partial charge >= 0.3 is 0 Å². The molecule has 1 aromatic heterocycles. The Kier molecular flexibility index (Phi) is 1.48. The van der Waals surface area contributed by atoms with Crippen LogP contribution in [0.4, 0.5) is 0 Å². The Bertz CT molecular complexity index is 633. The minimum atomic E-state index is -0.146. The standard InChI is InChI=1S/C14H18O/c1-9-7-6-8-11-12(9)10(2)13(15-11)14(3,4)5/h6-8H,1-5H3/i6D,7D,8D. The van der Waals surface area contributed by atoms with E-state index in [1.807, 2.05) is 13.8 Å². The van der Waals surface area contributed by atoms with E-state index in [0.717, 1.165) is 22.3 Å². The van der Waals surface area contributed by atoms with Crippen LogP contribution in [0.1, 0.15) is 41.8 Å². The normalized spacial score (nSPS) is 15.1. The maximum Gasteiger partial charge on any atom is 0.134 e. The molecular weight excluding hydrogens is 184 g/mol. The first-order valence-corrected chi connectivity index (χ1v) is 5.16. The first kappa shape index (κ1) is 7.10. The highest BCUT2D eigenvalue weighted by Crippen LogP contribution is 2.34. The summed E-state index contributed by atoms with van der Waals surface area (Å²) in [5, 5.41) is 0.825. The predicted octanol–water partition coefficient (Wildman–Crippen LogP) is 4.35. The molecule has 0 spiro atoms. The molecule has 0 saturated heterocycles. The SMILES string of the molecule is [2H]c1c([2H])c(C)c2c(C)c(C(C)(C)C)oc2c1[2H]. The van der Waals surface area contributed by atoms with E-state index in [4.69, 9.17) is 8.53 Å². The minimum Gasteiger partial charge on any atom is -0.460 e. The van der Waals surface area contributed by atoms with Gasteiger partial charge in [0.15, 0.2) is 0 Å². The molecule has 0 unspecified atom stereocenters. The number of rotatable bonds is 0. The largest absolute Gasteiger partial charge is 0.460 e. The molecule has 0 atom stereocenters. The minimum absolute atomic E-state index is 0.0131. The third-order valence-corrected chi connectivity index (χ3v) is 2.63. The average Bonchev–Trinajstić information content (AvgIpc) is 2.61. The van der Waals surface area contributed by atoms with Gasteiger partial charge in [-0.15, -0.1) is 0 Å². The van der Waals surface area contributed by atoms with E-state index < -0.39 is 0 Å². The number of fused-ring (bicyclic) bond motifs is 1. The quantitative estimate of drug-likeness (QED) is 0.623. The van der Waals surface area contributed by atoms with Gasteiger partial charge in [0.1, 0.15) is 11.3 Å². The molecule has 1 nitrogen and oxygen atoms in total. The highest BCUT2D eigenvalue weighted by Gasteiger charge is 2.23. The first-order valence-electron chi connectivity index (χ1n) is 6.66. The number of furan rings is 1. The molecule has 2 aromatic rings. The van der Waals surface area contributed by atoms with Crippen molar-refractivity contribution in [1.82, 2.24) is 0 Å². The zero-order valence-corrected chi connectivity index (χ0v) is 9.91. The molecule has 0 saturated carbocycles. The Morgan fingerprint density at radius 3 is 2.47 bits per heavy atom. The highest BCUT2D eigenvalue weighted by atomic mass is 16.3. The van der Waals surface area contributed by atoms with Gasteiger partial charge in [0.25, 0.3) is 0 Å². The summed E-state index contributed by atoms with van der Waals surface area (Å²) < 4.78 is 29.4. The summed E-state index contributed by atoms with van der Waals surface area (Å²) in [5.74, 6) is 0.833. The van der Waals surface area contributed by atoms with Crippen LogP contribution in [0.2, 0.25) is 0 Å². The van der Waals surface area contributed by atoms with E-state index in [-0.39, 0.29) is 23.5 Å². The van der Waals surface area contributed by atoms with Crippen molar-refractivity contribution >= 4 is 11.0 Å². The van der Waals surface area contributed by atoms with Gasteiger partial charge in [0.2, 0.25) is 0 Å². The lowest BCUT2D eigenvalue weighted by atomic mass is 9.90. The zero-order valence-electron chi connectivity index (χ0n) is 12.9. The van der Waals surface area contributed by atoms with Crippen LogP contribution in [0.5, 0.6) is 0 Å². The van der Waals surface area contributed by atoms with E-state index in [0.29, 0.717) is 5.58 Å². The van der Waals surface area contributed by atoms with Gasteiger partial charge in [-0.1, -0.05) is 32.9 Å². The molecule has 0 aliphatic rings. The van der Waals surface area contributed by atoms with Crippen LogP contribution in [0.3, 0.4) is 0 Å². The lowest BCUT2D eigenvalue weighted by Crippen LogP contribution is -2.10. The van der Waals surface area contributed by atoms with E-state index >= 15 is 0 Å². The molecule has 0 fully saturated rings. The summed E-state index contributed by atoms with van der Waals surface area (Å²) in [6, 6.07) is 0.0743. The molecule has 0 radical (unpaired) electrons. The van der Waals surface area contributed by atoms with Crippen LogP contribution < -0.4 is 0 Å². The van der Waals surface area contributed by atoms with Crippen LogP contribution >= 0.6 is 0 Å². The van der Waals surface area contributed by atoms with Crippen molar-refractivity contribution in [2.45, 2.75) is 40.0 Å². The molecule has 2 rings (SSSR count). The Hall–Kier alpha value is -1.24. The topological polar surface area (TPSA) is 13.1 Å². The van der Waals surface area contributed by atoms with Crippen molar-refractivity contribution in [3.8, 4) is 0 Å². The molecule has 0 bridgehead atoms. The predicted molar refractivity (Wildman–Crippen MR) is 64.4 cm³/mol. The molecule has 1 heterocycles. The van der Waals surface area contributed by atoms with Gasteiger partial charge in [-0.2, -0.15) is 0 Å². The molecule has 0 aliphatic carbocycles. The maximum absolute atomic E-state index is 7.94. The lowest BCUT2D eigenvalue weighted by molar-refractivity contribution is 0.426. The molecule has 1 heteroatoms. The number of hydrogen-bond donors (Lipinski definition) is 0. The van der Waals surface area contributed by atoms with Crippen LogP contribution in [-0.2, 0) is 5.41 Å². The second-order valence-electron chi connectivity index (χ2n) is 5.01. The van der Waals surface area contributed by atoms with Gasteiger partial charge in [-0.25, -0.2) is 0 Å². The molecular formula is C14H18O. The first-order chi connectivity index (χ1) is 8.16. The van der Waals surface area contributed by atoms with E-state index in [1.54, 1.807) is 0 Å². The van der Waals surface area contributed by atoms with Crippen molar-refractivity contribution in [1.29, 1.82) is 0 Å². The highest BCUT2D eigenvalue weighted by molar-refractivity contribution is 5.85. The van der Waals surface area contributed by atoms with Gasteiger partial charge in [0.05, 0.1) is 4.11 Å². The van der Waals surface area contributed by atoms with Gasteiger partial charge in [-0.05, 0) is 31.0 Å². The van der Waals surface area contributed by atoms with Crippen molar-refractivity contribution < 1.29 is 8.53 Å². The van der Waals surface area contributed by atoms with Crippen LogP contribution in [-0.4, -0.2) is 0 Å². The summed E-state index contributed by atoms with van der Waals surface area (Å²) in [5.41, 5.74) is 2.00. The molecule has 0 aliphatic heterocycles. The third kappa shape index (κ3) is 1.56. The summed E-state index contributed by atoms with van der Waals surface area (Å²) in [6.07, 6.45) is 0. The molecule has 0 N–H and O–H groups in total. The smallest absolute Gasteiger partial charge is 0.134 e. The summed E-state index contributed by atoms with van der Waals surface area (Å²) in [7, 11) is 0. The van der Waals surface area contributed by atoms with Crippen LogP contribution in [0.15, 0.2) is 22.5 Å². The Morgan fingerprint density at radius 2 is 1.87 bits per heavy atom. The van der Waals surface area contributed by atoms with E-state index in [2.05, 4.69) is 20.8 Å². The van der Waals surface area contributed by atoms with Crippen LogP contribution in [0.25, 0.3) is 11.0 Å². The summed E-state index contributed by atoms with van der Waals surface area (Å²) in [4.78, 5) is 0. The third-order valence-electron chi connectivity index (χ3n) is 2.63. The molecule has 15 heavy (non-hydrogen) atoms. The summed E-state index contributed by atoms with van der Waals surface area (Å²) in [6.45, 7) is 9.94. The molecule has 0 amide bonds. The molecule has 80 valence electrons. The average molecular weight is 205 g/mol. The monoisotopic (exact) mass is 205 g/mol. The number of hydrogen-bond acceptors (Lipinski definition) is 1. The Labute approximate surface area is 95.3 Å². The second kappa shape index (κ2) is 3.13. The fourth-order valence-corrected chi connectivity index (χ4v) is 2.01. The number of aryl methyl sites for hydroxylation is 2. The van der Waals surface area contributed by atoms with E-state index in [1.165, 1.54) is 0 Å². The second-order valence-corrected chi connectivity index (χ2v) is 5.01. The number of benzene rings is 1.